The quantitative estimate of drug-likeness (QED) is 0.884. The smallest absolute Gasteiger partial charge is 0.335 e. The molecule has 1 heterocycles. The third-order valence-corrected chi connectivity index (χ3v) is 4.75. The summed E-state index contributed by atoms with van der Waals surface area (Å²) in [5.74, 6) is 0.157. The Labute approximate surface area is 130 Å². The number of hydrogen-bond acceptors (Lipinski definition) is 6. The first-order valence-electron chi connectivity index (χ1n) is 7.63. The van der Waals surface area contributed by atoms with Gasteiger partial charge < -0.3 is 9.73 Å². The molecule has 1 fully saturated rings. The molecule has 22 heavy (non-hydrogen) atoms. The molecule has 1 amide bonds. The standard InChI is InChI=1S/C14H23N3O4S/c1-9(2)11(13-16-17-14(21-13)22(3,19)20)15-12(18)10-7-5-4-6-8-10/h9-11H,4-8H2,1-3H3,(H,15,18)/t11-/m0/s1. The molecule has 1 aliphatic carbocycles. The minimum atomic E-state index is -3.54. The predicted molar refractivity (Wildman–Crippen MR) is 79.7 cm³/mol. The van der Waals surface area contributed by atoms with Crippen molar-refractivity contribution < 1.29 is 17.6 Å². The van der Waals surface area contributed by atoms with Gasteiger partial charge in [0.2, 0.25) is 21.6 Å². The van der Waals surface area contributed by atoms with E-state index < -0.39 is 21.1 Å². The van der Waals surface area contributed by atoms with Crippen LogP contribution in [-0.2, 0) is 14.6 Å². The van der Waals surface area contributed by atoms with Gasteiger partial charge in [0, 0.05) is 12.2 Å². The normalized spacial score (nSPS) is 18.4. The Morgan fingerprint density at radius 3 is 2.36 bits per heavy atom. The highest BCUT2D eigenvalue weighted by Crippen LogP contribution is 2.27. The van der Waals surface area contributed by atoms with Crippen LogP contribution in [0.25, 0.3) is 0 Å². The van der Waals surface area contributed by atoms with Crippen LogP contribution in [0.5, 0.6) is 0 Å². The van der Waals surface area contributed by atoms with Gasteiger partial charge in [-0.15, -0.1) is 5.10 Å². The number of sulfone groups is 1. The number of rotatable bonds is 5. The van der Waals surface area contributed by atoms with Gasteiger partial charge >= 0.3 is 5.22 Å². The lowest BCUT2D eigenvalue weighted by molar-refractivity contribution is -0.127. The molecule has 1 atom stereocenters. The lowest BCUT2D eigenvalue weighted by Crippen LogP contribution is -2.37. The van der Waals surface area contributed by atoms with E-state index in [2.05, 4.69) is 15.5 Å². The second-order valence-electron chi connectivity index (χ2n) is 6.24. The zero-order valence-corrected chi connectivity index (χ0v) is 14.0. The van der Waals surface area contributed by atoms with Gasteiger partial charge in [0.1, 0.15) is 6.04 Å². The fraction of sp³-hybridized carbons (Fsp3) is 0.786. The van der Waals surface area contributed by atoms with Crippen molar-refractivity contribution in [1.29, 1.82) is 0 Å². The molecule has 0 aromatic carbocycles. The molecular weight excluding hydrogens is 306 g/mol. The largest absolute Gasteiger partial charge is 0.410 e. The maximum absolute atomic E-state index is 12.4. The van der Waals surface area contributed by atoms with E-state index in [9.17, 15) is 13.2 Å². The zero-order valence-electron chi connectivity index (χ0n) is 13.2. The van der Waals surface area contributed by atoms with Gasteiger partial charge in [-0.2, -0.15) is 0 Å². The highest BCUT2D eigenvalue weighted by Gasteiger charge is 2.29. The van der Waals surface area contributed by atoms with Gasteiger partial charge in [-0.25, -0.2) is 8.42 Å². The first-order valence-corrected chi connectivity index (χ1v) is 9.52. The number of nitrogens with one attached hydrogen (secondary N) is 1. The molecule has 1 N–H and O–H groups in total. The first-order chi connectivity index (χ1) is 10.3. The second kappa shape index (κ2) is 6.76. The van der Waals surface area contributed by atoms with Crippen LogP contribution in [-0.4, -0.2) is 30.8 Å². The summed E-state index contributed by atoms with van der Waals surface area (Å²) in [7, 11) is -3.54. The molecule has 0 saturated heterocycles. The number of nitrogens with zero attached hydrogens (tertiary/aromatic N) is 2. The van der Waals surface area contributed by atoms with Crippen LogP contribution >= 0.6 is 0 Å². The van der Waals surface area contributed by atoms with Crippen LogP contribution in [0.15, 0.2) is 9.64 Å². The molecule has 1 aromatic heterocycles. The molecule has 1 aliphatic rings. The third kappa shape index (κ3) is 4.06. The van der Waals surface area contributed by atoms with Gasteiger partial charge in [0.15, 0.2) is 0 Å². The average Bonchev–Trinajstić information content (AvgIpc) is 2.94. The van der Waals surface area contributed by atoms with Gasteiger partial charge in [-0.1, -0.05) is 38.2 Å². The van der Waals surface area contributed by atoms with Crippen molar-refractivity contribution in [3.05, 3.63) is 5.89 Å². The van der Waals surface area contributed by atoms with Crippen LogP contribution in [0.1, 0.15) is 57.9 Å². The van der Waals surface area contributed by atoms with E-state index in [0.29, 0.717) is 0 Å². The zero-order chi connectivity index (χ0) is 16.3. The second-order valence-corrected chi connectivity index (χ2v) is 8.14. The number of amides is 1. The molecule has 124 valence electrons. The SMILES string of the molecule is CC(C)[C@H](NC(=O)C1CCCCC1)c1nnc(S(C)(=O)=O)o1. The highest BCUT2D eigenvalue weighted by molar-refractivity contribution is 7.90. The van der Waals surface area contributed by atoms with Crippen LogP contribution in [0.4, 0.5) is 0 Å². The molecule has 0 aliphatic heterocycles. The molecular formula is C14H23N3O4S. The molecule has 1 aromatic rings. The van der Waals surface area contributed by atoms with Crippen LogP contribution in [0.2, 0.25) is 0 Å². The van der Waals surface area contributed by atoms with Crippen molar-refractivity contribution >= 4 is 15.7 Å². The van der Waals surface area contributed by atoms with Crippen molar-refractivity contribution in [2.24, 2.45) is 11.8 Å². The van der Waals surface area contributed by atoms with Crippen LogP contribution in [0, 0.1) is 11.8 Å². The Bertz CT molecular complexity index is 618. The lowest BCUT2D eigenvalue weighted by atomic mass is 9.88. The maximum atomic E-state index is 12.4. The Kier molecular flexibility index (Phi) is 5.20. The van der Waals surface area contributed by atoms with Gasteiger partial charge in [-0.05, 0) is 18.8 Å². The molecule has 0 bridgehead atoms. The maximum Gasteiger partial charge on any atom is 0.335 e. The van der Waals surface area contributed by atoms with E-state index in [0.717, 1.165) is 31.9 Å². The van der Waals surface area contributed by atoms with E-state index in [4.69, 9.17) is 4.42 Å². The molecule has 0 spiro atoms. The van der Waals surface area contributed by atoms with Gasteiger partial charge in [0.05, 0.1) is 0 Å². The summed E-state index contributed by atoms with van der Waals surface area (Å²) in [5.41, 5.74) is 0. The Morgan fingerprint density at radius 2 is 1.86 bits per heavy atom. The van der Waals surface area contributed by atoms with E-state index in [1.54, 1.807) is 0 Å². The monoisotopic (exact) mass is 329 g/mol. The number of hydrogen-bond donors (Lipinski definition) is 1. The lowest BCUT2D eigenvalue weighted by Gasteiger charge is -2.25. The summed E-state index contributed by atoms with van der Waals surface area (Å²) in [6, 6.07) is -0.475. The Balaban J connectivity index is 2.13. The van der Waals surface area contributed by atoms with Crippen molar-refractivity contribution in [2.45, 2.75) is 57.2 Å². The number of carbonyl (C=O) groups is 1. The van der Waals surface area contributed by atoms with E-state index in [-0.39, 0.29) is 23.6 Å². The predicted octanol–water partition coefficient (Wildman–Crippen LogP) is 1.87. The topological polar surface area (TPSA) is 102 Å². The summed E-state index contributed by atoms with van der Waals surface area (Å²) >= 11 is 0. The highest BCUT2D eigenvalue weighted by atomic mass is 32.2. The fourth-order valence-electron chi connectivity index (χ4n) is 2.65. The third-order valence-electron chi connectivity index (χ3n) is 3.95. The fourth-order valence-corrected chi connectivity index (χ4v) is 3.07. The minimum Gasteiger partial charge on any atom is -0.410 e. The molecule has 7 nitrogen and oxygen atoms in total. The molecule has 1 saturated carbocycles. The number of aromatic nitrogens is 2. The van der Waals surface area contributed by atoms with Crippen molar-refractivity contribution in [3.8, 4) is 0 Å². The molecule has 0 unspecified atom stereocenters. The first kappa shape index (κ1) is 16.9. The van der Waals surface area contributed by atoms with Gasteiger partial charge in [-0.3, -0.25) is 4.79 Å². The summed E-state index contributed by atoms with van der Waals surface area (Å²) < 4.78 is 28.1. The minimum absolute atomic E-state index is 0.0143. The van der Waals surface area contributed by atoms with E-state index in [1.165, 1.54) is 6.42 Å². The van der Waals surface area contributed by atoms with Crippen molar-refractivity contribution in [2.75, 3.05) is 6.26 Å². The average molecular weight is 329 g/mol. The van der Waals surface area contributed by atoms with Crippen LogP contribution < -0.4 is 5.32 Å². The summed E-state index contributed by atoms with van der Waals surface area (Å²) in [6.07, 6.45) is 6.13. The van der Waals surface area contributed by atoms with Crippen molar-refractivity contribution in [1.82, 2.24) is 15.5 Å². The van der Waals surface area contributed by atoms with Crippen LogP contribution in [0.3, 0.4) is 0 Å². The van der Waals surface area contributed by atoms with Gasteiger partial charge in [0.25, 0.3) is 0 Å². The summed E-state index contributed by atoms with van der Waals surface area (Å²) in [5, 5.41) is 9.87. The summed E-state index contributed by atoms with van der Waals surface area (Å²) in [4.78, 5) is 12.4. The molecule has 0 radical (unpaired) electrons. The Hall–Kier alpha value is -1.44. The number of carbonyl (C=O) groups excluding carboxylic acids is 1. The van der Waals surface area contributed by atoms with Crippen molar-refractivity contribution in [3.63, 3.8) is 0 Å². The van der Waals surface area contributed by atoms with E-state index in [1.807, 2.05) is 13.8 Å². The molecule has 8 heteroatoms. The van der Waals surface area contributed by atoms with E-state index >= 15 is 0 Å². The Morgan fingerprint density at radius 1 is 1.23 bits per heavy atom. The summed E-state index contributed by atoms with van der Waals surface area (Å²) in [6.45, 7) is 3.83. The molecule has 2 rings (SSSR count).